The van der Waals surface area contributed by atoms with Crippen LogP contribution >= 0.6 is 12.2 Å². The molecule has 0 aliphatic heterocycles. The Balaban J connectivity index is 0.000000198. The van der Waals surface area contributed by atoms with E-state index in [9.17, 15) is 0 Å². The highest BCUT2D eigenvalue weighted by Gasteiger charge is 2.07. The average molecular weight is 286 g/mol. The van der Waals surface area contributed by atoms with Crippen LogP contribution in [0.25, 0.3) is 11.1 Å². The molecule has 0 fully saturated rings. The maximum atomic E-state index is 5.80. The molecule has 1 aromatic rings. The molecule has 0 amide bonds. The van der Waals surface area contributed by atoms with Gasteiger partial charge in [-0.05, 0) is 42.7 Å². The fourth-order valence-corrected chi connectivity index (χ4v) is 2.08. The highest BCUT2D eigenvalue weighted by Crippen LogP contribution is 2.32. The zero-order valence-corrected chi connectivity index (χ0v) is 12.7. The van der Waals surface area contributed by atoms with Gasteiger partial charge in [0.25, 0.3) is 0 Å². The van der Waals surface area contributed by atoms with E-state index in [4.69, 9.17) is 22.7 Å². The lowest BCUT2D eigenvalue weighted by molar-refractivity contribution is 0.419. The lowest BCUT2D eigenvalue weighted by Gasteiger charge is -2.13. The minimum absolute atomic E-state index is 0.617. The predicted molar refractivity (Wildman–Crippen MR) is 89.5 cm³/mol. The monoisotopic (exact) mass is 286 g/mol. The number of benzene rings is 2. The molecule has 2 aliphatic rings. The van der Waals surface area contributed by atoms with Crippen molar-refractivity contribution in [3.63, 3.8) is 0 Å². The molecular weight excluding hydrogens is 268 g/mol. The summed E-state index contributed by atoms with van der Waals surface area (Å²) in [5, 5.41) is 3.03. The van der Waals surface area contributed by atoms with Gasteiger partial charge in [0.05, 0.1) is 23.5 Å². The summed E-state index contributed by atoms with van der Waals surface area (Å²) < 4.78 is 5.18. The second kappa shape index (κ2) is 5.92. The summed E-state index contributed by atoms with van der Waals surface area (Å²) in [6, 6.07) is 12.3. The van der Waals surface area contributed by atoms with Crippen molar-refractivity contribution in [2.75, 3.05) is 18.2 Å². The van der Waals surface area contributed by atoms with Crippen molar-refractivity contribution in [2.24, 2.45) is 0 Å². The number of nitrogens with two attached hydrogens (primary N) is 1. The number of ether oxygens (including phenoxy) is 1. The maximum Gasteiger partial charge on any atom is 0.165 e. The molecule has 0 atom stereocenters. The maximum absolute atomic E-state index is 5.80. The molecule has 0 spiro atoms. The van der Waals surface area contributed by atoms with Crippen molar-refractivity contribution in [3.05, 3.63) is 42.0 Å². The minimum Gasteiger partial charge on any atom is -0.492 e. The van der Waals surface area contributed by atoms with Crippen LogP contribution in [-0.2, 0) is 0 Å². The molecule has 3 rings (SSSR count). The second-order valence-corrected chi connectivity index (χ2v) is 5.31. The van der Waals surface area contributed by atoms with E-state index in [0.29, 0.717) is 16.4 Å². The molecule has 0 radical (unpaired) electrons. The first-order valence-corrected chi connectivity index (χ1v) is 6.74. The number of methoxy groups -OCH3 is 1. The quantitative estimate of drug-likeness (QED) is 0.552. The third-order valence-corrected chi connectivity index (χ3v) is 3.10. The molecule has 3 nitrogen and oxygen atoms in total. The smallest absolute Gasteiger partial charge is 0.165 e. The molecule has 0 aromatic heterocycles. The highest BCUT2D eigenvalue weighted by atomic mass is 32.1. The number of fused-ring (bicyclic) bond motifs is 1. The topological polar surface area (TPSA) is 47.3 Å². The Kier molecular flexibility index (Phi) is 4.25. The molecule has 0 heterocycles. The Morgan fingerprint density at radius 2 is 1.70 bits per heavy atom. The summed E-state index contributed by atoms with van der Waals surface area (Å²) >= 11 is 4.96. The van der Waals surface area contributed by atoms with Crippen LogP contribution in [0.3, 0.4) is 0 Å². The minimum atomic E-state index is 0.617. The van der Waals surface area contributed by atoms with E-state index < -0.39 is 0 Å². The Hall–Kier alpha value is -2.07. The summed E-state index contributed by atoms with van der Waals surface area (Å²) in [6.07, 6.45) is 0. The molecule has 0 saturated heterocycles. The normalized spacial score (nSPS) is 10.2. The third kappa shape index (κ3) is 3.08. The van der Waals surface area contributed by atoms with Gasteiger partial charge >= 0.3 is 0 Å². The van der Waals surface area contributed by atoms with Crippen molar-refractivity contribution in [2.45, 2.75) is 13.8 Å². The highest BCUT2D eigenvalue weighted by molar-refractivity contribution is 7.80. The van der Waals surface area contributed by atoms with Crippen LogP contribution < -0.4 is 15.8 Å². The third-order valence-electron chi connectivity index (χ3n) is 3.00. The van der Waals surface area contributed by atoms with E-state index in [0.717, 1.165) is 11.3 Å². The molecule has 1 aromatic carbocycles. The number of hydrogen-bond acceptors (Lipinski definition) is 3. The predicted octanol–water partition coefficient (Wildman–Crippen LogP) is 4.01. The van der Waals surface area contributed by atoms with Crippen LogP contribution in [0.2, 0.25) is 0 Å². The number of aryl methyl sites for hydroxylation is 1. The standard InChI is InChI=1S/C10H14N2OS.C6H4/c1-6-4-8(11)10(13-3)9(5-6)12-7(2)14;1-2-6-4-3-5(1)6/h4-5H,11H2,1-3H3,(H,12,14);1-4H. The molecule has 104 valence electrons. The Morgan fingerprint density at radius 1 is 1.15 bits per heavy atom. The van der Waals surface area contributed by atoms with Gasteiger partial charge in [0.2, 0.25) is 0 Å². The number of nitrogens with one attached hydrogen (secondary N) is 1. The first kappa shape index (κ1) is 14.3. The van der Waals surface area contributed by atoms with Crippen LogP contribution in [0.4, 0.5) is 11.4 Å². The van der Waals surface area contributed by atoms with Gasteiger partial charge in [-0.3, -0.25) is 0 Å². The van der Waals surface area contributed by atoms with Crippen LogP contribution in [0, 0.1) is 6.92 Å². The average Bonchev–Trinajstić information content (AvgIpc) is 2.33. The zero-order valence-electron chi connectivity index (χ0n) is 11.9. The SMILES string of the molecule is COc1c(N)cc(C)cc1NC(C)=S.c1cc2ccc1-2. The van der Waals surface area contributed by atoms with Gasteiger partial charge in [0.1, 0.15) is 0 Å². The van der Waals surface area contributed by atoms with Gasteiger partial charge in [-0.2, -0.15) is 0 Å². The Bertz CT molecular complexity index is 615. The molecule has 2 aliphatic carbocycles. The van der Waals surface area contributed by atoms with Crippen LogP contribution in [0.15, 0.2) is 36.4 Å². The number of rotatable bonds is 2. The van der Waals surface area contributed by atoms with E-state index in [2.05, 4.69) is 29.6 Å². The summed E-state index contributed by atoms with van der Waals surface area (Å²) in [7, 11) is 1.59. The van der Waals surface area contributed by atoms with Gasteiger partial charge in [0.15, 0.2) is 5.75 Å². The number of hydrogen-bond donors (Lipinski definition) is 2. The van der Waals surface area contributed by atoms with Crippen molar-refractivity contribution >= 4 is 28.6 Å². The Labute approximate surface area is 124 Å². The van der Waals surface area contributed by atoms with E-state index in [1.54, 1.807) is 7.11 Å². The van der Waals surface area contributed by atoms with Gasteiger partial charge < -0.3 is 15.8 Å². The van der Waals surface area contributed by atoms with Crippen LogP contribution in [-0.4, -0.2) is 12.1 Å². The summed E-state index contributed by atoms with van der Waals surface area (Å²) in [4.78, 5) is 0.688. The zero-order chi connectivity index (χ0) is 14.7. The van der Waals surface area contributed by atoms with Gasteiger partial charge in [0, 0.05) is 0 Å². The molecule has 4 heteroatoms. The summed E-state index contributed by atoms with van der Waals surface area (Å²) in [5.41, 5.74) is 11.2. The number of nitrogen functional groups attached to an aromatic ring is 1. The van der Waals surface area contributed by atoms with Crippen molar-refractivity contribution < 1.29 is 4.74 Å². The van der Waals surface area contributed by atoms with E-state index in [1.165, 1.54) is 11.1 Å². The van der Waals surface area contributed by atoms with Crippen LogP contribution in [0.5, 0.6) is 5.75 Å². The number of thiocarbonyl (C=S) groups is 1. The molecule has 0 saturated carbocycles. The van der Waals surface area contributed by atoms with Crippen molar-refractivity contribution in [3.8, 4) is 16.9 Å². The lowest BCUT2D eigenvalue weighted by Crippen LogP contribution is -2.06. The lowest BCUT2D eigenvalue weighted by atomic mass is 9.95. The van der Waals surface area contributed by atoms with Gasteiger partial charge in [-0.15, -0.1) is 0 Å². The fourth-order valence-electron chi connectivity index (χ4n) is 1.97. The van der Waals surface area contributed by atoms with Crippen molar-refractivity contribution in [1.29, 1.82) is 0 Å². The van der Waals surface area contributed by atoms with Crippen LogP contribution in [0.1, 0.15) is 12.5 Å². The van der Waals surface area contributed by atoms with E-state index in [-0.39, 0.29) is 0 Å². The fraction of sp³-hybridized carbons (Fsp3) is 0.188. The summed E-state index contributed by atoms with van der Waals surface area (Å²) in [6.45, 7) is 3.78. The molecule has 20 heavy (non-hydrogen) atoms. The molecule has 0 bridgehead atoms. The second-order valence-electron chi connectivity index (χ2n) is 4.69. The van der Waals surface area contributed by atoms with Gasteiger partial charge in [-0.25, -0.2) is 0 Å². The molecule has 3 N–H and O–H groups in total. The van der Waals surface area contributed by atoms with E-state index >= 15 is 0 Å². The molecule has 0 unspecified atom stereocenters. The Morgan fingerprint density at radius 3 is 2.05 bits per heavy atom. The largest absolute Gasteiger partial charge is 0.492 e. The first-order chi connectivity index (χ1) is 9.51. The first-order valence-electron chi connectivity index (χ1n) is 6.33. The summed E-state index contributed by atoms with van der Waals surface area (Å²) in [5.74, 6) is 0.639. The molecular formula is C16H18N2OS. The van der Waals surface area contributed by atoms with Gasteiger partial charge in [-0.1, -0.05) is 36.5 Å². The van der Waals surface area contributed by atoms with Crippen molar-refractivity contribution in [1.82, 2.24) is 0 Å². The van der Waals surface area contributed by atoms with E-state index in [1.807, 2.05) is 26.0 Å². The number of anilines is 2.